The second-order valence-electron chi connectivity index (χ2n) is 5.74. The SMILES string of the molecule is COc1cc(C(=O)Nc2n[nH]c(C(F)(F)F)n2)ccc1OCc1ccc(Br)cc1. The van der Waals surface area contributed by atoms with Crippen molar-refractivity contribution in [2.75, 3.05) is 12.4 Å². The van der Waals surface area contributed by atoms with Crippen LogP contribution in [0.15, 0.2) is 46.9 Å². The fourth-order valence-corrected chi connectivity index (χ4v) is 2.55. The third kappa shape index (κ3) is 5.25. The zero-order valence-corrected chi connectivity index (χ0v) is 16.5. The van der Waals surface area contributed by atoms with Crippen molar-refractivity contribution in [3.05, 3.63) is 63.9 Å². The van der Waals surface area contributed by atoms with Crippen LogP contribution in [0.4, 0.5) is 19.1 Å². The summed E-state index contributed by atoms with van der Waals surface area (Å²) in [6, 6.07) is 11.9. The first-order chi connectivity index (χ1) is 13.8. The summed E-state index contributed by atoms with van der Waals surface area (Å²) in [6.45, 7) is 0.284. The van der Waals surface area contributed by atoms with E-state index in [4.69, 9.17) is 9.47 Å². The molecule has 152 valence electrons. The van der Waals surface area contributed by atoms with Crippen LogP contribution >= 0.6 is 15.9 Å². The Bertz CT molecular complexity index is 1010. The van der Waals surface area contributed by atoms with Crippen LogP contribution in [0.25, 0.3) is 0 Å². The summed E-state index contributed by atoms with van der Waals surface area (Å²) >= 11 is 3.36. The standard InChI is InChI=1S/C18H14BrF3N4O3/c1-28-14-8-11(15(27)23-17-24-16(25-26-17)18(20,21)22)4-7-13(14)29-9-10-2-5-12(19)6-3-10/h2-8H,9H2,1H3,(H2,23,24,25,26,27). The second-order valence-corrected chi connectivity index (χ2v) is 6.66. The van der Waals surface area contributed by atoms with Crippen LogP contribution in [-0.4, -0.2) is 28.2 Å². The van der Waals surface area contributed by atoms with Crippen LogP contribution in [0.3, 0.4) is 0 Å². The quantitative estimate of drug-likeness (QED) is 0.556. The Kier molecular flexibility index (Phi) is 6.06. The van der Waals surface area contributed by atoms with Crippen LogP contribution in [0, 0.1) is 0 Å². The zero-order chi connectivity index (χ0) is 21.0. The van der Waals surface area contributed by atoms with Gasteiger partial charge in [-0.25, -0.2) is 0 Å². The van der Waals surface area contributed by atoms with Crippen LogP contribution in [-0.2, 0) is 12.8 Å². The number of nitrogens with zero attached hydrogens (tertiary/aromatic N) is 2. The van der Waals surface area contributed by atoms with E-state index in [9.17, 15) is 18.0 Å². The number of aromatic amines is 1. The van der Waals surface area contributed by atoms with Gasteiger partial charge in [-0.15, -0.1) is 5.10 Å². The average Bonchev–Trinajstić information content (AvgIpc) is 3.16. The molecule has 29 heavy (non-hydrogen) atoms. The van der Waals surface area contributed by atoms with E-state index in [1.165, 1.54) is 25.3 Å². The lowest BCUT2D eigenvalue weighted by Crippen LogP contribution is -2.14. The first kappa shape index (κ1) is 20.6. The number of anilines is 1. The van der Waals surface area contributed by atoms with Gasteiger partial charge in [-0.1, -0.05) is 28.1 Å². The van der Waals surface area contributed by atoms with Gasteiger partial charge in [0, 0.05) is 10.0 Å². The Hall–Kier alpha value is -3.08. The topological polar surface area (TPSA) is 89.1 Å². The molecule has 3 aromatic rings. The maximum atomic E-state index is 12.5. The Balaban J connectivity index is 1.69. The molecule has 7 nitrogen and oxygen atoms in total. The molecule has 11 heteroatoms. The largest absolute Gasteiger partial charge is 0.493 e. The van der Waals surface area contributed by atoms with E-state index in [1.54, 1.807) is 5.10 Å². The van der Waals surface area contributed by atoms with Crippen LogP contribution < -0.4 is 14.8 Å². The van der Waals surface area contributed by atoms with E-state index >= 15 is 0 Å². The summed E-state index contributed by atoms with van der Waals surface area (Å²) in [4.78, 5) is 15.5. The van der Waals surface area contributed by atoms with Crippen molar-refractivity contribution < 1.29 is 27.4 Å². The van der Waals surface area contributed by atoms with Crippen LogP contribution in [0.5, 0.6) is 11.5 Å². The number of hydrogen-bond acceptors (Lipinski definition) is 5. The normalized spacial score (nSPS) is 11.2. The average molecular weight is 471 g/mol. The van der Waals surface area contributed by atoms with Gasteiger partial charge in [-0.05, 0) is 35.9 Å². The van der Waals surface area contributed by atoms with Crippen molar-refractivity contribution in [1.29, 1.82) is 0 Å². The van der Waals surface area contributed by atoms with Gasteiger partial charge in [-0.2, -0.15) is 18.2 Å². The molecule has 0 unspecified atom stereocenters. The second kappa shape index (κ2) is 8.52. The van der Waals surface area contributed by atoms with Gasteiger partial charge < -0.3 is 9.47 Å². The van der Waals surface area contributed by atoms with Crippen molar-refractivity contribution in [3.8, 4) is 11.5 Å². The monoisotopic (exact) mass is 470 g/mol. The molecule has 1 aromatic heterocycles. The number of alkyl halides is 3. The Morgan fingerprint density at radius 1 is 1.17 bits per heavy atom. The van der Waals surface area contributed by atoms with Crippen LogP contribution in [0.1, 0.15) is 21.7 Å². The summed E-state index contributed by atoms with van der Waals surface area (Å²) in [5, 5.41) is 7.24. The van der Waals surface area contributed by atoms with Gasteiger partial charge in [0.05, 0.1) is 7.11 Å². The number of methoxy groups -OCH3 is 1. The van der Waals surface area contributed by atoms with Gasteiger partial charge in [0.2, 0.25) is 11.8 Å². The van der Waals surface area contributed by atoms with Gasteiger partial charge in [0.15, 0.2) is 11.5 Å². The molecule has 0 aliphatic heterocycles. The summed E-state index contributed by atoms with van der Waals surface area (Å²) in [5.74, 6) is -1.79. The van der Waals surface area contributed by atoms with E-state index in [1.807, 2.05) is 24.3 Å². The molecule has 0 atom stereocenters. The molecule has 2 aromatic carbocycles. The zero-order valence-electron chi connectivity index (χ0n) is 14.9. The Morgan fingerprint density at radius 3 is 2.52 bits per heavy atom. The smallest absolute Gasteiger partial charge is 0.451 e. The number of ether oxygens (including phenoxy) is 2. The molecule has 0 saturated heterocycles. The van der Waals surface area contributed by atoms with Crippen molar-refractivity contribution in [1.82, 2.24) is 15.2 Å². The predicted octanol–water partition coefficient (Wildman–Crippen LogP) is 4.43. The van der Waals surface area contributed by atoms with Gasteiger partial charge >= 0.3 is 6.18 Å². The lowest BCUT2D eigenvalue weighted by atomic mass is 10.2. The molecule has 3 rings (SSSR count). The predicted molar refractivity (Wildman–Crippen MR) is 101 cm³/mol. The van der Waals surface area contributed by atoms with E-state index in [2.05, 4.69) is 31.3 Å². The van der Waals surface area contributed by atoms with Crippen molar-refractivity contribution >= 4 is 27.8 Å². The van der Waals surface area contributed by atoms with Crippen molar-refractivity contribution in [2.45, 2.75) is 12.8 Å². The van der Waals surface area contributed by atoms with Crippen LogP contribution in [0.2, 0.25) is 0 Å². The maximum absolute atomic E-state index is 12.5. The summed E-state index contributed by atoms with van der Waals surface area (Å²) in [5.41, 5.74) is 1.07. The molecule has 2 N–H and O–H groups in total. The van der Waals surface area contributed by atoms with Crippen molar-refractivity contribution in [3.63, 3.8) is 0 Å². The number of H-pyrrole nitrogens is 1. The number of amides is 1. The molecular formula is C18H14BrF3N4O3. The number of carbonyl (C=O) groups is 1. The van der Waals surface area contributed by atoms with Gasteiger partial charge in [0.25, 0.3) is 5.91 Å². The maximum Gasteiger partial charge on any atom is 0.451 e. The fourth-order valence-electron chi connectivity index (χ4n) is 2.29. The minimum atomic E-state index is -4.69. The molecule has 1 heterocycles. The van der Waals surface area contributed by atoms with E-state index < -0.39 is 23.9 Å². The van der Waals surface area contributed by atoms with Gasteiger partial charge in [-0.3, -0.25) is 15.2 Å². The highest BCUT2D eigenvalue weighted by Gasteiger charge is 2.35. The molecule has 0 aliphatic carbocycles. The number of aromatic nitrogens is 3. The molecule has 0 fully saturated rings. The lowest BCUT2D eigenvalue weighted by Gasteiger charge is -2.12. The minimum Gasteiger partial charge on any atom is -0.493 e. The number of rotatable bonds is 6. The third-order valence-electron chi connectivity index (χ3n) is 3.71. The van der Waals surface area contributed by atoms with Gasteiger partial charge in [0.1, 0.15) is 6.61 Å². The molecule has 0 bridgehead atoms. The number of hydrogen-bond donors (Lipinski definition) is 2. The molecular weight excluding hydrogens is 457 g/mol. The number of halogens is 4. The minimum absolute atomic E-state index is 0.135. The first-order valence-corrected chi connectivity index (χ1v) is 8.92. The Labute approximate surface area is 171 Å². The highest BCUT2D eigenvalue weighted by Crippen LogP contribution is 2.30. The molecule has 0 aliphatic rings. The van der Waals surface area contributed by atoms with E-state index in [-0.39, 0.29) is 12.2 Å². The molecule has 0 radical (unpaired) electrons. The third-order valence-corrected chi connectivity index (χ3v) is 4.24. The highest BCUT2D eigenvalue weighted by molar-refractivity contribution is 9.10. The first-order valence-electron chi connectivity index (χ1n) is 8.12. The summed E-state index contributed by atoms with van der Waals surface area (Å²) < 4.78 is 49.5. The van der Waals surface area contributed by atoms with E-state index in [0.29, 0.717) is 11.5 Å². The van der Waals surface area contributed by atoms with Crippen molar-refractivity contribution in [2.24, 2.45) is 0 Å². The van der Waals surface area contributed by atoms with E-state index in [0.717, 1.165) is 10.0 Å². The number of nitrogens with one attached hydrogen (secondary N) is 2. The number of carbonyl (C=O) groups excluding carboxylic acids is 1. The summed E-state index contributed by atoms with van der Waals surface area (Å²) in [7, 11) is 1.41. The lowest BCUT2D eigenvalue weighted by molar-refractivity contribution is -0.144. The molecule has 1 amide bonds. The highest BCUT2D eigenvalue weighted by atomic mass is 79.9. The Morgan fingerprint density at radius 2 is 1.90 bits per heavy atom. The molecule has 0 saturated carbocycles. The molecule has 0 spiro atoms. The summed E-state index contributed by atoms with van der Waals surface area (Å²) in [6.07, 6.45) is -4.69. The fraction of sp³-hybridized carbons (Fsp3) is 0.167. The number of benzene rings is 2.